The topological polar surface area (TPSA) is 65.4 Å². The van der Waals surface area contributed by atoms with Crippen LogP contribution in [0, 0.1) is 13.8 Å². The minimum Gasteiger partial charge on any atom is -0.493 e. The zero-order chi connectivity index (χ0) is 18.4. The van der Waals surface area contributed by atoms with Gasteiger partial charge < -0.3 is 14.8 Å². The van der Waals surface area contributed by atoms with E-state index in [9.17, 15) is 4.79 Å². The van der Waals surface area contributed by atoms with Crippen molar-refractivity contribution in [3.63, 3.8) is 0 Å². The van der Waals surface area contributed by atoms with Crippen LogP contribution in [0.2, 0.25) is 0 Å². The summed E-state index contributed by atoms with van der Waals surface area (Å²) in [6.45, 7) is 6.55. The number of nitrogens with one attached hydrogen (secondary N) is 1. The van der Waals surface area contributed by atoms with Crippen LogP contribution in [0.25, 0.3) is 0 Å². The van der Waals surface area contributed by atoms with Crippen LogP contribution in [0.15, 0.2) is 24.3 Å². The first-order valence-corrected chi connectivity index (χ1v) is 8.45. The van der Waals surface area contributed by atoms with Gasteiger partial charge in [-0.2, -0.15) is 5.10 Å². The van der Waals surface area contributed by atoms with E-state index in [-0.39, 0.29) is 11.9 Å². The van der Waals surface area contributed by atoms with E-state index in [1.807, 2.05) is 49.7 Å². The standard InChI is InChI=1S/C19H27N3O3/c1-13-10-14(2)22(21-13)15(3)11-19(23)20-9-8-16-6-7-17(24-4)18(12-16)25-5/h6-7,10,12,15H,8-9,11H2,1-5H3,(H,20,23)/t15-/m0/s1. The number of hydrogen-bond donors (Lipinski definition) is 1. The SMILES string of the molecule is COc1ccc(CCNC(=O)C[C@H](C)n2nc(C)cc2C)cc1OC. The molecule has 1 amide bonds. The highest BCUT2D eigenvalue weighted by Crippen LogP contribution is 2.27. The molecule has 1 N–H and O–H groups in total. The average Bonchev–Trinajstić information content (AvgIpc) is 2.93. The van der Waals surface area contributed by atoms with Crippen molar-refractivity contribution in [1.82, 2.24) is 15.1 Å². The molecule has 25 heavy (non-hydrogen) atoms. The highest BCUT2D eigenvalue weighted by Gasteiger charge is 2.13. The van der Waals surface area contributed by atoms with E-state index in [0.717, 1.165) is 23.4 Å². The smallest absolute Gasteiger partial charge is 0.222 e. The number of aryl methyl sites for hydroxylation is 2. The van der Waals surface area contributed by atoms with Crippen LogP contribution in [0.5, 0.6) is 11.5 Å². The second-order valence-electron chi connectivity index (χ2n) is 6.21. The van der Waals surface area contributed by atoms with Crippen LogP contribution in [0.3, 0.4) is 0 Å². The highest BCUT2D eigenvalue weighted by atomic mass is 16.5. The molecule has 2 rings (SSSR count). The Kier molecular flexibility index (Phi) is 6.44. The molecule has 6 heteroatoms. The number of benzene rings is 1. The Labute approximate surface area is 149 Å². The van der Waals surface area contributed by atoms with E-state index < -0.39 is 0 Å². The molecule has 136 valence electrons. The van der Waals surface area contributed by atoms with E-state index in [2.05, 4.69) is 10.4 Å². The average molecular weight is 345 g/mol. The van der Waals surface area contributed by atoms with Crippen molar-refractivity contribution in [3.8, 4) is 11.5 Å². The zero-order valence-corrected chi connectivity index (χ0v) is 15.6. The lowest BCUT2D eigenvalue weighted by atomic mass is 10.1. The Hall–Kier alpha value is -2.50. The predicted molar refractivity (Wildman–Crippen MR) is 97.3 cm³/mol. The maximum absolute atomic E-state index is 12.2. The Balaban J connectivity index is 1.83. The second-order valence-corrected chi connectivity index (χ2v) is 6.21. The first-order chi connectivity index (χ1) is 11.9. The molecule has 0 saturated carbocycles. The van der Waals surface area contributed by atoms with Crippen molar-refractivity contribution in [1.29, 1.82) is 0 Å². The summed E-state index contributed by atoms with van der Waals surface area (Å²) in [5.41, 5.74) is 3.13. The van der Waals surface area contributed by atoms with Gasteiger partial charge in [-0.3, -0.25) is 9.48 Å². The molecule has 1 heterocycles. The maximum Gasteiger partial charge on any atom is 0.222 e. The molecular weight excluding hydrogens is 318 g/mol. The van der Waals surface area contributed by atoms with Crippen molar-refractivity contribution in [2.45, 2.75) is 39.7 Å². The van der Waals surface area contributed by atoms with Gasteiger partial charge in [0.25, 0.3) is 0 Å². The number of hydrogen-bond acceptors (Lipinski definition) is 4. The largest absolute Gasteiger partial charge is 0.493 e. The summed E-state index contributed by atoms with van der Waals surface area (Å²) in [6, 6.07) is 7.84. The van der Waals surface area contributed by atoms with Gasteiger partial charge >= 0.3 is 0 Å². The number of rotatable bonds is 8. The van der Waals surface area contributed by atoms with E-state index in [1.54, 1.807) is 14.2 Å². The summed E-state index contributed by atoms with van der Waals surface area (Å²) >= 11 is 0. The fourth-order valence-corrected chi connectivity index (χ4v) is 2.90. The molecule has 1 aromatic heterocycles. The van der Waals surface area contributed by atoms with Crippen molar-refractivity contribution < 1.29 is 14.3 Å². The molecule has 0 bridgehead atoms. The predicted octanol–water partition coefficient (Wildman–Crippen LogP) is 2.83. The third kappa shape index (κ3) is 4.98. The molecule has 0 aliphatic carbocycles. The van der Waals surface area contributed by atoms with Crippen LogP contribution in [-0.2, 0) is 11.2 Å². The fourth-order valence-electron chi connectivity index (χ4n) is 2.90. The van der Waals surface area contributed by atoms with E-state index >= 15 is 0 Å². The van der Waals surface area contributed by atoms with Gasteiger partial charge in [0, 0.05) is 18.7 Å². The summed E-state index contributed by atoms with van der Waals surface area (Å²) < 4.78 is 12.4. The van der Waals surface area contributed by atoms with Crippen LogP contribution in [0.1, 0.15) is 36.3 Å². The number of carbonyl (C=O) groups excluding carboxylic acids is 1. The number of carbonyl (C=O) groups is 1. The Morgan fingerprint density at radius 1 is 1.20 bits per heavy atom. The Morgan fingerprint density at radius 3 is 2.52 bits per heavy atom. The maximum atomic E-state index is 12.2. The third-order valence-electron chi connectivity index (χ3n) is 4.13. The van der Waals surface area contributed by atoms with E-state index in [4.69, 9.17) is 9.47 Å². The molecule has 0 radical (unpaired) electrons. The van der Waals surface area contributed by atoms with Gasteiger partial charge in [-0.1, -0.05) is 6.07 Å². The minimum atomic E-state index is 0.0283. The van der Waals surface area contributed by atoms with Crippen LogP contribution < -0.4 is 14.8 Å². The molecule has 0 unspecified atom stereocenters. The van der Waals surface area contributed by atoms with Gasteiger partial charge in [-0.05, 0) is 51.0 Å². The van der Waals surface area contributed by atoms with Gasteiger partial charge in [0.1, 0.15) is 0 Å². The van der Waals surface area contributed by atoms with Crippen molar-refractivity contribution in [2.75, 3.05) is 20.8 Å². The molecule has 0 saturated heterocycles. The van der Waals surface area contributed by atoms with Crippen molar-refractivity contribution in [2.24, 2.45) is 0 Å². The van der Waals surface area contributed by atoms with Crippen molar-refractivity contribution >= 4 is 5.91 Å². The molecule has 0 aliphatic rings. The number of amides is 1. The zero-order valence-electron chi connectivity index (χ0n) is 15.6. The normalized spacial score (nSPS) is 11.9. The Bertz CT molecular complexity index is 725. The van der Waals surface area contributed by atoms with Gasteiger partial charge in [-0.25, -0.2) is 0 Å². The van der Waals surface area contributed by atoms with E-state index in [0.29, 0.717) is 24.5 Å². The number of nitrogens with zero attached hydrogens (tertiary/aromatic N) is 2. The Morgan fingerprint density at radius 2 is 1.92 bits per heavy atom. The first-order valence-electron chi connectivity index (χ1n) is 8.45. The molecule has 0 spiro atoms. The van der Waals surface area contributed by atoms with Crippen molar-refractivity contribution in [3.05, 3.63) is 41.2 Å². The fraction of sp³-hybridized carbons (Fsp3) is 0.474. The highest BCUT2D eigenvalue weighted by molar-refractivity contribution is 5.76. The second kappa shape index (κ2) is 8.55. The van der Waals surface area contributed by atoms with Gasteiger partial charge in [0.15, 0.2) is 11.5 Å². The van der Waals surface area contributed by atoms with Crippen LogP contribution in [-0.4, -0.2) is 36.5 Å². The quantitative estimate of drug-likeness (QED) is 0.799. The molecule has 2 aromatic rings. The van der Waals surface area contributed by atoms with Gasteiger partial charge in [0.2, 0.25) is 5.91 Å². The molecule has 1 atom stereocenters. The van der Waals surface area contributed by atoms with Gasteiger partial charge in [-0.15, -0.1) is 0 Å². The van der Waals surface area contributed by atoms with Crippen LogP contribution in [0.4, 0.5) is 0 Å². The van der Waals surface area contributed by atoms with Gasteiger partial charge in [0.05, 0.1) is 26.0 Å². The summed E-state index contributed by atoms with van der Waals surface area (Å²) in [5.74, 6) is 1.43. The lowest BCUT2D eigenvalue weighted by Crippen LogP contribution is -2.28. The number of ether oxygens (including phenoxy) is 2. The molecular formula is C19H27N3O3. The minimum absolute atomic E-state index is 0.0283. The molecule has 6 nitrogen and oxygen atoms in total. The lowest BCUT2D eigenvalue weighted by Gasteiger charge is -2.14. The third-order valence-corrected chi connectivity index (χ3v) is 4.13. The number of aromatic nitrogens is 2. The summed E-state index contributed by atoms with van der Waals surface area (Å²) in [5, 5.41) is 7.41. The monoisotopic (exact) mass is 345 g/mol. The molecule has 1 aromatic carbocycles. The lowest BCUT2D eigenvalue weighted by molar-refractivity contribution is -0.121. The van der Waals surface area contributed by atoms with E-state index in [1.165, 1.54) is 0 Å². The summed E-state index contributed by atoms with van der Waals surface area (Å²) in [6.07, 6.45) is 1.15. The molecule has 0 aliphatic heterocycles. The first kappa shape index (κ1) is 18.8. The summed E-state index contributed by atoms with van der Waals surface area (Å²) in [4.78, 5) is 12.2. The molecule has 0 fully saturated rings. The summed E-state index contributed by atoms with van der Waals surface area (Å²) in [7, 11) is 3.23. The number of methoxy groups -OCH3 is 2. The van der Waals surface area contributed by atoms with Crippen LogP contribution >= 0.6 is 0 Å².